The van der Waals surface area contributed by atoms with E-state index >= 15 is 0 Å². The molecular formula is C29H26F3NO4. The van der Waals surface area contributed by atoms with E-state index in [4.69, 9.17) is 4.74 Å². The highest BCUT2D eigenvalue weighted by molar-refractivity contribution is 6.46. The number of amides is 1. The van der Waals surface area contributed by atoms with Crippen molar-refractivity contribution in [2.24, 2.45) is 0 Å². The second-order valence-electron chi connectivity index (χ2n) is 9.18. The second-order valence-corrected chi connectivity index (χ2v) is 9.18. The Hall–Kier alpha value is -4.07. The number of hydrogen-bond acceptors (Lipinski definition) is 4. The molecule has 8 heteroatoms. The van der Waals surface area contributed by atoms with Crippen LogP contribution in [0.1, 0.15) is 47.7 Å². The molecular weight excluding hydrogens is 483 g/mol. The Balaban J connectivity index is 1.80. The van der Waals surface area contributed by atoms with Gasteiger partial charge in [-0.2, -0.15) is 13.2 Å². The van der Waals surface area contributed by atoms with Gasteiger partial charge in [0, 0.05) is 12.1 Å². The lowest BCUT2D eigenvalue weighted by molar-refractivity contribution is -0.140. The molecule has 1 saturated heterocycles. The van der Waals surface area contributed by atoms with Crippen molar-refractivity contribution in [1.82, 2.24) is 4.90 Å². The topological polar surface area (TPSA) is 66.8 Å². The Morgan fingerprint density at radius 3 is 2.32 bits per heavy atom. The molecule has 5 nitrogen and oxygen atoms in total. The summed E-state index contributed by atoms with van der Waals surface area (Å²) in [5.41, 5.74) is 0.839. The highest BCUT2D eigenvalue weighted by Gasteiger charge is 2.46. The quantitative estimate of drug-likeness (QED) is 0.237. The minimum absolute atomic E-state index is 0.0580. The highest BCUT2D eigenvalue weighted by Crippen LogP contribution is 2.41. The predicted octanol–water partition coefficient (Wildman–Crippen LogP) is 6.42. The molecule has 0 radical (unpaired) electrons. The Bertz CT molecular complexity index is 1360. The van der Waals surface area contributed by atoms with Crippen LogP contribution in [-0.2, 0) is 22.3 Å². The predicted molar refractivity (Wildman–Crippen MR) is 133 cm³/mol. The molecule has 0 aromatic heterocycles. The number of alkyl halides is 3. The summed E-state index contributed by atoms with van der Waals surface area (Å²) < 4.78 is 45.5. The van der Waals surface area contributed by atoms with Gasteiger partial charge in [-0.25, -0.2) is 0 Å². The molecule has 3 aromatic rings. The van der Waals surface area contributed by atoms with E-state index < -0.39 is 29.5 Å². The molecule has 0 saturated carbocycles. The number of Topliss-reactive ketones (excluding diaryl/α,β-unsaturated/α-hetero) is 1. The van der Waals surface area contributed by atoms with Crippen molar-refractivity contribution in [3.05, 3.63) is 106 Å². The number of ketones is 1. The molecule has 1 aliphatic heterocycles. The number of halogens is 3. The zero-order chi connectivity index (χ0) is 26.9. The number of rotatable bonds is 6. The van der Waals surface area contributed by atoms with E-state index in [1.807, 2.05) is 13.8 Å². The maximum atomic E-state index is 13.3. The maximum absolute atomic E-state index is 13.3. The summed E-state index contributed by atoms with van der Waals surface area (Å²) in [5.74, 6) is -1.54. The number of nitrogens with zero attached hydrogens (tertiary/aromatic N) is 1. The number of carbonyl (C=O) groups is 2. The lowest BCUT2D eigenvalue weighted by Crippen LogP contribution is -2.29. The lowest BCUT2D eigenvalue weighted by atomic mass is 9.94. The van der Waals surface area contributed by atoms with Crippen molar-refractivity contribution >= 4 is 17.4 Å². The SMILES string of the molecule is Cc1cc(/C(O)=C2\C(=O)C(=O)N(Cc3cccc(C(F)(F)F)c3)C2c2ccccc2)ccc1OC(C)C. The van der Waals surface area contributed by atoms with Gasteiger partial charge in [0.2, 0.25) is 0 Å². The van der Waals surface area contributed by atoms with Gasteiger partial charge in [-0.1, -0.05) is 42.5 Å². The van der Waals surface area contributed by atoms with Gasteiger partial charge >= 0.3 is 6.18 Å². The van der Waals surface area contributed by atoms with Crippen LogP contribution in [0, 0.1) is 6.92 Å². The van der Waals surface area contributed by atoms with E-state index in [9.17, 15) is 27.9 Å². The zero-order valence-electron chi connectivity index (χ0n) is 20.5. The molecule has 1 aliphatic rings. The number of hydrogen-bond donors (Lipinski definition) is 1. The van der Waals surface area contributed by atoms with Crippen LogP contribution in [0.3, 0.4) is 0 Å². The first kappa shape index (κ1) is 26.0. The molecule has 0 aliphatic carbocycles. The minimum Gasteiger partial charge on any atom is -0.507 e. The van der Waals surface area contributed by atoms with E-state index in [1.165, 1.54) is 17.0 Å². The largest absolute Gasteiger partial charge is 0.507 e. The van der Waals surface area contributed by atoms with Crippen LogP contribution in [-0.4, -0.2) is 27.8 Å². The fourth-order valence-corrected chi connectivity index (χ4v) is 4.41. The van der Waals surface area contributed by atoms with E-state index in [-0.39, 0.29) is 29.5 Å². The van der Waals surface area contributed by atoms with Gasteiger partial charge in [-0.3, -0.25) is 9.59 Å². The zero-order valence-corrected chi connectivity index (χ0v) is 20.5. The molecule has 4 rings (SSSR count). The Labute approximate surface area is 212 Å². The van der Waals surface area contributed by atoms with Gasteiger partial charge in [-0.15, -0.1) is 0 Å². The first-order chi connectivity index (χ1) is 17.5. The van der Waals surface area contributed by atoms with Gasteiger partial charge in [0.25, 0.3) is 11.7 Å². The number of carbonyl (C=O) groups excluding carboxylic acids is 2. The summed E-state index contributed by atoms with van der Waals surface area (Å²) >= 11 is 0. The Kier molecular flexibility index (Phi) is 7.12. The minimum atomic E-state index is -4.55. The normalized spacial score (nSPS) is 17.5. The molecule has 1 unspecified atom stereocenters. The van der Waals surface area contributed by atoms with Crippen molar-refractivity contribution in [2.75, 3.05) is 0 Å². The third-order valence-corrected chi connectivity index (χ3v) is 6.07. The third-order valence-electron chi connectivity index (χ3n) is 6.07. The van der Waals surface area contributed by atoms with Crippen LogP contribution in [0.4, 0.5) is 13.2 Å². The Morgan fingerprint density at radius 2 is 1.70 bits per heavy atom. The molecule has 1 atom stereocenters. The van der Waals surface area contributed by atoms with Crippen LogP contribution in [0.15, 0.2) is 78.4 Å². The molecule has 37 heavy (non-hydrogen) atoms. The van der Waals surface area contributed by atoms with Crippen molar-refractivity contribution in [1.29, 1.82) is 0 Å². The van der Waals surface area contributed by atoms with Crippen LogP contribution < -0.4 is 4.74 Å². The number of benzene rings is 3. The first-order valence-electron chi connectivity index (χ1n) is 11.7. The van der Waals surface area contributed by atoms with Crippen molar-refractivity contribution in [2.45, 2.75) is 45.6 Å². The van der Waals surface area contributed by atoms with Crippen molar-refractivity contribution < 1.29 is 32.6 Å². The Morgan fingerprint density at radius 1 is 1.00 bits per heavy atom. The molecule has 0 spiro atoms. The molecule has 1 fully saturated rings. The fraction of sp³-hybridized carbons (Fsp3) is 0.241. The smallest absolute Gasteiger partial charge is 0.416 e. The summed E-state index contributed by atoms with van der Waals surface area (Å²) in [6, 6.07) is 17.2. The standard InChI is InChI=1S/C29H26F3NO4/c1-17(2)37-23-13-12-21(14-18(23)3)26(34)24-25(20-9-5-4-6-10-20)33(28(36)27(24)35)16-19-8-7-11-22(15-19)29(30,31)32/h4-15,17,25,34H,16H2,1-3H3/b26-24+. The summed E-state index contributed by atoms with van der Waals surface area (Å²) in [6.07, 6.45) is -4.61. The van der Waals surface area contributed by atoms with E-state index in [1.54, 1.807) is 55.5 Å². The first-order valence-corrected chi connectivity index (χ1v) is 11.7. The van der Waals surface area contributed by atoms with Crippen LogP contribution in [0.2, 0.25) is 0 Å². The molecule has 1 amide bonds. The number of likely N-dealkylation sites (tertiary alicyclic amines) is 1. The number of aliphatic hydroxyl groups excluding tert-OH is 1. The van der Waals surface area contributed by atoms with Crippen LogP contribution in [0.25, 0.3) is 5.76 Å². The van der Waals surface area contributed by atoms with E-state index in [2.05, 4.69) is 0 Å². The summed E-state index contributed by atoms with van der Waals surface area (Å²) in [4.78, 5) is 27.6. The molecule has 1 N–H and O–H groups in total. The van der Waals surface area contributed by atoms with Gasteiger partial charge in [-0.05, 0) is 67.8 Å². The number of aliphatic hydroxyl groups is 1. The van der Waals surface area contributed by atoms with E-state index in [0.717, 1.165) is 17.7 Å². The van der Waals surface area contributed by atoms with Gasteiger partial charge in [0.15, 0.2) is 0 Å². The average Bonchev–Trinajstić information content (AvgIpc) is 3.09. The number of aryl methyl sites for hydroxylation is 1. The fourth-order valence-electron chi connectivity index (χ4n) is 4.41. The second kappa shape index (κ2) is 10.1. The maximum Gasteiger partial charge on any atom is 0.416 e. The van der Waals surface area contributed by atoms with Gasteiger partial charge in [0.1, 0.15) is 11.5 Å². The van der Waals surface area contributed by atoms with Crippen LogP contribution in [0.5, 0.6) is 5.75 Å². The highest BCUT2D eigenvalue weighted by atomic mass is 19.4. The third kappa shape index (κ3) is 5.38. The summed E-state index contributed by atoms with van der Waals surface area (Å²) in [7, 11) is 0. The molecule has 0 bridgehead atoms. The van der Waals surface area contributed by atoms with Crippen molar-refractivity contribution in [3.63, 3.8) is 0 Å². The monoisotopic (exact) mass is 509 g/mol. The number of ether oxygens (including phenoxy) is 1. The van der Waals surface area contributed by atoms with Crippen molar-refractivity contribution in [3.8, 4) is 5.75 Å². The molecule has 3 aromatic carbocycles. The van der Waals surface area contributed by atoms with Crippen LogP contribution >= 0.6 is 0 Å². The summed E-state index contributed by atoms with van der Waals surface area (Å²) in [5, 5.41) is 11.3. The van der Waals surface area contributed by atoms with E-state index in [0.29, 0.717) is 16.9 Å². The molecule has 192 valence electrons. The lowest BCUT2D eigenvalue weighted by Gasteiger charge is -2.26. The van der Waals surface area contributed by atoms with Gasteiger partial charge < -0.3 is 14.7 Å². The average molecular weight is 510 g/mol. The summed E-state index contributed by atoms with van der Waals surface area (Å²) in [6.45, 7) is 5.33. The van der Waals surface area contributed by atoms with Gasteiger partial charge in [0.05, 0.1) is 23.3 Å². The molecule has 1 heterocycles.